The standard InChI is InChI=1S/C18H15NO2/c1-2-6-13(7-3-1)21-11-15-14-8-4-5-9-17(14)19-18-12-20-10-16(15)18/h1-9H,10-12H2. The lowest BCUT2D eigenvalue weighted by molar-refractivity contribution is 0.132. The molecule has 104 valence electrons. The van der Waals surface area contributed by atoms with Crippen LogP contribution in [0.4, 0.5) is 0 Å². The van der Waals surface area contributed by atoms with Crippen LogP contribution in [0.25, 0.3) is 10.9 Å². The summed E-state index contributed by atoms with van der Waals surface area (Å²) in [6.45, 7) is 1.76. The summed E-state index contributed by atoms with van der Waals surface area (Å²) >= 11 is 0. The van der Waals surface area contributed by atoms with Gasteiger partial charge in [0.25, 0.3) is 0 Å². The van der Waals surface area contributed by atoms with Crippen molar-refractivity contribution in [2.24, 2.45) is 0 Å². The Kier molecular flexibility index (Phi) is 3.05. The zero-order valence-electron chi connectivity index (χ0n) is 11.6. The Bertz CT molecular complexity index is 784. The van der Waals surface area contributed by atoms with Crippen molar-refractivity contribution in [2.45, 2.75) is 19.8 Å². The molecule has 0 atom stereocenters. The maximum Gasteiger partial charge on any atom is 0.119 e. The van der Waals surface area contributed by atoms with Crippen LogP contribution in [-0.4, -0.2) is 4.98 Å². The molecule has 0 radical (unpaired) electrons. The summed E-state index contributed by atoms with van der Waals surface area (Å²) in [5, 5.41) is 1.15. The van der Waals surface area contributed by atoms with Crippen LogP contribution in [-0.2, 0) is 24.6 Å². The van der Waals surface area contributed by atoms with Gasteiger partial charge in [0.15, 0.2) is 0 Å². The number of nitrogens with zero attached hydrogens (tertiary/aromatic N) is 1. The summed E-state index contributed by atoms with van der Waals surface area (Å²) in [6.07, 6.45) is 0. The number of fused-ring (bicyclic) bond motifs is 2. The second-order valence-electron chi connectivity index (χ2n) is 5.13. The summed E-state index contributed by atoms with van der Waals surface area (Å²) in [6, 6.07) is 18.1. The molecule has 1 aromatic heterocycles. The van der Waals surface area contributed by atoms with Crippen molar-refractivity contribution in [2.75, 3.05) is 0 Å². The molecule has 2 aromatic carbocycles. The summed E-state index contributed by atoms with van der Waals surface area (Å²) in [5.74, 6) is 0.881. The van der Waals surface area contributed by atoms with Crippen LogP contribution in [0.2, 0.25) is 0 Å². The molecule has 0 saturated heterocycles. The third-order valence-electron chi connectivity index (χ3n) is 3.81. The molecule has 3 aromatic rings. The minimum Gasteiger partial charge on any atom is -0.489 e. The predicted octanol–water partition coefficient (Wildman–Crippen LogP) is 3.84. The highest BCUT2D eigenvalue weighted by atomic mass is 16.5. The average Bonchev–Trinajstić information content (AvgIpc) is 3.00. The van der Waals surface area contributed by atoms with E-state index in [-0.39, 0.29) is 0 Å². The van der Waals surface area contributed by atoms with Gasteiger partial charge in [0, 0.05) is 16.5 Å². The second kappa shape index (κ2) is 5.19. The molecule has 1 aliphatic heterocycles. The van der Waals surface area contributed by atoms with Gasteiger partial charge in [0.1, 0.15) is 12.4 Å². The van der Waals surface area contributed by atoms with E-state index in [1.54, 1.807) is 0 Å². The molecule has 0 bridgehead atoms. The van der Waals surface area contributed by atoms with Gasteiger partial charge in [-0.3, -0.25) is 0 Å². The van der Waals surface area contributed by atoms with Gasteiger partial charge < -0.3 is 9.47 Å². The number of aromatic nitrogens is 1. The number of hydrogen-bond donors (Lipinski definition) is 0. The molecule has 0 saturated carbocycles. The van der Waals surface area contributed by atoms with Crippen LogP contribution in [0.15, 0.2) is 54.6 Å². The van der Waals surface area contributed by atoms with Crippen molar-refractivity contribution in [1.29, 1.82) is 0 Å². The first kappa shape index (κ1) is 12.4. The van der Waals surface area contributed by atoms with Gasteiger partial charge in [0.2, 0.25) is 0 Å². The Morgan fingerprint density at radius 2 is 1.76 bits per heavy atom. The monoisotopic (exact) mass is 277 g/mol. The Labute approximate surface area is 123 Å². The number of benzene rings is 2. The number of pyridine rings is 1. The van der Waals surface area contributed by atoms with Gasteiger partial charge in [-0.1, -0.05) is 36.4 Å². The fourth-order valence-electron chi connectivity index (χ4n) is 2.75. The summed E-state index contributed by atoms with van der Waals surface area (Å²) < 4.78 is 11.5. The molecule has 0 unspecified atom stereocenters. The number of hydrogen-bond acceptors (Lipinski definition) is 3. The maximum absolute atomic E-state index is 5.94. The molecule has 0 N–H and O–H groups in total. The van der Waals surface area contributed by atoms with E-state index >= 15 is 0 Å². The Hall–Kier alpha value is -2.39. The molecule has 2 heterocycles. The quantitative estimate of drug-likeness (QED) is 0.728. The highest BCUT2D eigenvalue weighted by Gasteiger charge is 2.20. The SMILES string of the molecule is c1ccc(OCc2c3c(nc4ccccc24)COC3)cc1. The van der Waals surface area contributed by atoms with Gasteiger partial charge in [-0.25, -0.2) is 4.98 Å². The van der Waals surface area contributed by atoms with E-state index in [2.05, 4.69) is 6.07 Å². The fraction of sp³-hybridized carbons (Fsp3) is 0.167. The van der Waals surface area contributed by atoms with E-state index in [1.807, 2.05) is 48.5 Å². The first-order valence-corrected chi connectivity index (χ1v) is 7.07. The van der Waals surface area contributed by atoms with Crippen molar-refractivity contribution in [3.8, 4) is 5.75 Å². The van der Waals surface area contributed by atoms with Crippen LogP contribution in [0.5, 0.6) is 5.75 Å². The third kappa shape index (κ3) is 2.26. The molecular formula is C18H15NO2. The van der Waals surface area contributed by atoms with E-state index in [0.29, 0.717) is 19.8 Å². The van der Waals surface area contributed by atoms with E-state index in [0.717, 1.165) is 22.3 Å². The van der Waals surface area contributed by atoms with Crippen molar-refractivity contribution >= 4 is 10.9 Å². The summed E-state index contributed by atoms with van der Waals surface area (Å²) in [7, 11) is 0. The topological polar surface area (TPSA) is 31.4 Å². The molecule has 3 nitrogen and oxygen atoms in total. The average molecular weight is 277 g/mol. The molecule has 0 fully saturated rings. The number of para-hydroxylation sites is 2. The molecule has 1 aliphatic rings. The minimum atomic E-state index is 0.540. The van der Waals surface area contributed by atoms with Gasteiger partial charge in [0.05, 0.1) is 24.4 Å². The van der Waals surface area contributed by atoms with Crippen molar-refractivity contribution in [3.63, 3.8) is 0 Å². The van der Waals surface area contributed by atoms with Crippen molar-refractivity contribution < 1.29 is 9.47 Å². The molecular weight excluding hydrogens is 262 g/mol. The highest BCUT2D eigenvalue weighted by Crippen LogP contribution is 2.29. The highest BCUT2D eigenvalue weighted by molar-refractivity contribution is 5.83. The first-order chi connectivity index (χ1) is 10.4. The predicted molar refractivity (Wildman–Crippen MR) is 81.0 cm³/mol. The van der Waals surface area contributed by atoms with Crippen molar-refractivity contribution in [1.82, 2.24) is 4.98 Å². The van der Waals surface area contributed by atoms with Crippen LogP contribution in [0, 0.1) is 0 Å². The second-order valence-corrected chi connectivity index (χ2v) is 5.13. The minimum absolute atomic E-state index is 0.540. The Morgan fingerprint density at radius 3 is 2.67 bits per heavy atom. The van der Waals surface area contributed by atoms with Crippen LogP contribution in [0.3, 0.4) is 0 Å². The zero-order chi connectivity index (χ0) is 14.1. The summed E-state index contributed by atoms with van der Waals surface area (Å²) in [5.41, 5.74) is 4.43. The van der Waals surface area contributed by atoms with E-state index in [9.17, 15) is 0 Å². The lowest BCUT2D eigenvalue weighted by atomic mass is 10.0. The molecule has 21 heavy (non-hydrogen) atoms. The van der Waals surface area contributed by atoms with E-state index in [1.165, 1.54) is 11.1 Å². The number of rotatable bonds is 3. The smallest absolute Gasteiger partial charge is 0.119 e. The van der Waals surface area contributed by atoms with E-state index in [4.69, 9.17) is 14.5 Å². The molecule has 0 aliphatic carbocycles. The maximum atomic E-state index is 5.94. The zero-order valence-corrected chi connectivity index (χ0v) is 11.6. The fourth-order valence-corrected chi connectivity index (χ4v) is 2.75. The van der Waals surface area contributed by atoms with Crippen LogP contribution < -0.4 is 4.74 Å². The lowest BCUT2D eigenvalue weighted by Gasteiger charge is -2.12. The number of ether oxygens (including phenoxy) is 2. The van der Waals surface area contributed by atoms with Gasteiger partial charge >= 0.3 is 0 Å². The summed E-state index contributed by atoms with van der Waals surface area (Å²) in [4.78, 5) is 4.69. The molecule has 4 rings (SSSR count). The largest absolute Gasteiger partial charge is 0.489 e. The lowest BCUT2D eigenvalue weighted by Crippen LogP contribution is -2.03. The molecule has 0 spiro atoms. The first-order valence-electron chi connectivity index (χ1n) is 7.07. The van der Waals surface area contributed by atoms with Crippen LogP contribution >= 0.6 is 0 Å². The Balaban J connectivity index is 1.76. The molecule has 3 heteroatoms. The van der Waals surface area contributed by atoms with Gasteiger partial charge in [-0.05, 0) is 18.2 Å². The molecule has 0 amide bonds. The van der Waals surface area contributed by atoms with Gasteiger partial charge in [-0.15, -0.1) is 0 Å². The normalized spacial score (nSPS) is 13.3. The van der Waals surface area contributed by atoms with Crippen molar-refractivity contribution in [3.05, 3.63) is 71.4 Å². The van der Waals surface area contributed by atoms with Crippen LogP contribution in [0.1, 0.15) is 16.8 Å². The Morgan fingerprint density at radius 1 is 0.952 bits per heavy atom. The van der Waals surface area contributed by atoms with E-state index < -0.39 is 0 Å². The van der Waals surface area contributed by atoms with Gasteiger partial charge in [-0.2, -0.15) is 0 Å². The third-order valence-corrected chi connectivity index (χ3v) is 3.81.